The molecule has 0 bridgehead atoms. The molecule has 108 valence electrons. The van der Waals surface area contributed by atoms with Gasteiger partial charge in [-0.25, -0.2) is 0 Å². The summed E-state index contributed by atoms with van der Waals surface area (Å²) in [4.78, 5) is 0. The van der Waals surface area contributed by atoms with Gasteiger partial charge in [0.2, 0.25) is 0 Å². The van der Waals surface area contributed by atoms with Gasteiger partial charge in [-0.05, 0) is 38.0 Å². The average molecular weight is 255 g/mol. The van der Waals surface area contributed by atoms with Gasteiger partial charge >= 0.3 is 0 Å². The lowest BCUT2D eigenvalue weighted by molar-refractivity contribution is -0.0775. The number of hydrogen-bond acceptors (Lipinski definition) is 2. The van der Waals surface area contributed by atoms with Crippen molar-refractivity contribution in [2.24, 2.45) is 5.92 Å². The lowest BCUT2D eigenvalue weighted by Crippen LogP contribution is -2.47. The van der Waals surface area contributed by atoms with Gasteiger partial charge in [-0.1, -0.05) is 40.5 Å². The third kappa shape index (κ3) is 5.27. The first-order chi connectivity index (χ1) is 8.62. The maximum Gasteiger partial charge on any atom is 0.0806 e. The van der Waals surface area contributed by atoms with Gasteiger partial charge in [0.05, 0.1) is 5.60 Å². The first kappa shape index (κ1) is 16.0. The standard InChI is InChI=1S/C16H33NO/c1-5-7-15-8-10-16(11-9-15,18-12-6-2)13-17-14(3)4/h14-15,17H,5-13H2,1-4H3. The third-order valence-corrected chi connectivity index (χ3v) is 4.16. The van der Waals surface area contributed by atoms with Crippen LogP contribution in [0.1, 0.15) is 72.6 Å². The van der Waals surface area contributed by atoms with Crippen molar-refractivity contribution < 1.29 is 4.74 Å². The summed E-state index contributed by atoms with van der Waals surface area (Å²) in [6.45, 7) is 10.9. The van der Waals surface area contributed by atoms with E-state index in [1.54, 1.807) is 0 Å². The van der Waals surface area contributed by atoms with E-state index in [9.17, 15) is 0 Å². The van der Waals surface area contributed by atoms with E-state index in [1.807, 2.05) is 0 Å². The SMILES string of the molecule is CCCOC1(CNC(C)C)CCC(CCC)CC1. The van der Waals surface area contributed by atoms with E-state index in [-0.39, 0.29) is 5.60 Å². The molecule has 1 fully saturated rings. The Morgan fingerprint density at radius 3 is 2.33 bits per heavy atom. The summed E-state index contributed by atoms with van der Waals surface area (Å²) in [7, 11) is 0. The van der Waals surface area contributed by atoms with Crippen molar-refractivity contribution in [3.8, 4) is 0 Å². The zero-order valence-corrected chi connectivity index (χ0v) is 12.9. The summed E-state index contributed by atoms with van der Waals surface area (Å²) in [5, 5.41) is 3.59. The zero-order chi connectivity index (χ0) is 13.4. The van der Waals surface area contributed by atoms with Gasteiger partial charge in [0.1, 0.15) is 0 Å². The van der Waals surface area contributed by atoms with E-state index >= 15 is 0 Å². The maximum absolute atomic E-state index is 6.23. The van der Waals surface area contributed by atoms with Crippen LogP contribution in [0.2, 0.25) is 0 Å². The van der Waals surface area contributed by atoms with Crippen molar-refractivity contribution in [1.29, 1.82) is 0 Å². The largest absolute Gasteiger partial charge is 0.374 e. The normalized spacial score (nSPS) is 28.8. The molecule has 0 radical (unpaired) electrons. The minimum absolute atomic E-state index is 0.129. The molecule has 0 spiro atoms. The van der Waals surface area contributed by atoms with Crippen LogP contribution in [-0.4, -0.2) is 24.8 Å². The van der Waals surface area contributed by atoms with Crippen LogP contribution in [0.15, 0.2) is 0 Å². The van der Waals surface area contributed by atoms with Crippen LogP contribution < -0.4 is 5.32 Å². The van der Waals surface area contributed by atoms with E-state index in [0.717, 1.165) is 25.5 Å². The highest BCUT2D eigenvalue weighted by molar-refractivity contribution is 4.89. The number of ether oxygens (including phenoxy) is 1. The quantitative estimate of drug-likeness (QED) is 0.704. The monoisotopic (exact) mass is 255 g/mol. The molecule has 0 atom stereocenters. The minimum Gasteiger partial charge on any atom is -0.374 e. The van der Waals surface area contributed by atoms with E-state index in [2.05, 4.69) is 33.0 Å². The summed E-state index contributed by atoms with van der Waals surface area (Å²) in [6.07, 6.45) is 9.07. The molecule has 0 aromatic heterocycles. The first-order valence-corrected chi connectivity index (χ1v) is 7.99. The Balaban J connectivity index is 2.46. The molecule has 2 heteroatoms. The van der Waals surface area contributed by atoms with Gasteiger partial charge in [0.15, 0.2) is 0 Å². The van der Waals surface area contributed by atoms with Crippen LogP contribution in [0.5, 0.6) is 0 Å². The number of rotatable bonds is 8. The van der Waals surface area contributed by atoms with E-state index in [1.165, 1.54) is 38.5 Å². The van der Waals surface area contributed by atoms with E-state index < -0.39 is 0 Å². The smallest absolute Gasteiger partial charge is 0.0806 e. The highest BCUT2D eigenvalue weighted by atomic mass is 16.5. The van der Waals surface area contributed by atoms with Crippen LogP contribution in [0, 0.1) is 5.92 Å². The predicted octanol–water partition coefficient (Wildman–Crippen LogP) is 4.14. The highest BCUT2D eigenvalue weighted by Gasteiger charge is 2.35. The number of hydrogen-bond donors (Lipinski definition) is 1. The molecule has 0 amide bonds. The van der Waals surface area contributed by atoms with Crippen molar-refractivity contribution >= 4 is 0 Å². The molecule has 18 heavy (non-hydrogen) atoms. The van der Waals surface area contributed by atoms with Gasteiger partial charge in [0, 0.05) is 19.2 Å². The Kier molecular flexibility index (Phi) is 7.25. The molecule has 1 N–H and O–H groups in total. The van der Waals surface area contributed by atoms with Crippen LogP contribution in [-0.2, 0) is 4.74 Å². The van der Waals surface area contributed by atoms with Crippen LogP contribution in [0.3, 0.4) is 0 Å². The molecular formula is C16H33NO. The fourth-order valence-electron chi connectivity index (χ4n) is 2.98. The zero-order valence-electron chi connectivity index (χ0n) is 12.9. The van der Waals surface area contributed by atoms with Crippen molar-refractivity contribution in [2.45, 2.75) is 84.3 Å². The Bertz CT molecular complexity index is 207. The minimum atomic E-state index is 0.129. The third-order valence-electron chi connectivity index (χ3n) is 4.16. The molecule has 2 nitrogen and oxygen atoms in total. The second-order valence-corrected chi connectivity index (χ2v) is 6.30. The Hall–Kier alpha value is -0.0800. The fraction of sp³-hybridized carbons (Fsp3) is 1.00. The van der Waals surface area contributed by atoms with E-state index in [0.29, 0.717) is 6.04 Å². The van der Waals surface area contributed by atoms with Gasteiger partial charge in [0.25, 0.3) is 0 Å². The fourth-order valence-corrected chi connectivity index (χ4v) is 2.98. The molecule has 1 saturated carbocycles. The first-order valence-electron chi connectivity index (χ1n) is 7.99. The van der Waals surface area contributed by atoms with Crippen LogP contribution in [0.25, 0.3) is 0 Å². The van der Waals surface area contributed by atoms with Gasteiger partial charge in [-0.3, -0.25) is 0 Å². The molecule has 0 aliphatic heterocycles. The van der Waals surface area contributed by atoms with Crippen molar-refractivity contribution in [2.75, 3.05) is 13.2 Å². The Morgan fingerprint density at radius 1 is 1.17 bits per heavy atom. The topological polar surface area (TPSA) is 21.3 Å². The van der Waals surface area contributed by atoms with E-state index in [4.69, 9.17) is 4.74 Å². The summed E-state index contributed by atoms with van der Waals surface area (Å²) in [5.74, 6) is 0.951. The van der Waals surface area contributed by atoms with Gasteiger partial charge < -0.3 is 10.1 Å². The van der Waals surface area contributed by atoms with Crippen molar-refractivity contribution in [1.82, 2.24) is 5.32 Å². The predicted molar refractivity (Wildman–Crippen MR) is 79.0 cm³/mol. The molecule has 1 aliphatic carbocycles. The van der Waals surface area contributed by atoms with Crippen LogP contribution >= 0.6 is 0 Å². The lowest BCUT2D eigenvalue weighted by atomic mass is 9.77. The lowest BCUT2D eigenvalue weighted by Gasteiger charge is -2.41. The van der Waals surface area contributed by atoms with Gasteiger partial charge in [-0.15, -0.1) is 0 Å². The Morgan fingerprint density at radius 2 is 1.83 bits per heavy atom. The number of nitrogens with one attached hydrogen (secondary N) is 1. The Labute approximate surface area is 114 Å². The summed E-state index contributed by atoms with van der Waals surface area (Å²) >= 11 is 0. The molecule has 0 aromatic rings. The summed E-state index contributed by atoms with van der Waals surface area (Å²) < 4.78 is 6.23. The summed E-state index contributed by atoms with van der Waals surface area (Å²) in [6, 6.07) is 0.556. The second-order valence-electron chi connectivity index (χ2n) is 6.30. The summed E-state index contributed by atoms with van der Waals surface area (Å²) in [5.41, 5.74) is 0.129. The second kappa shape index (κ2) is 8.16. The molecular weight excluding hydrogens is 222 g/mol. The van der Waals surface area contributed by atoms with Gasteiger partial charge in [-0.2, -0.15) is 0 Å². The van der Waals surface area contributed by atoms with Crippen LogP contribution in [0.4, 0.5) is 0 Å². The van der Waals surface area contributed by atoms with Crippen molar-refractivity contribution in [3.63, 3.8) is 0 Å². The maximum atomic E-state index is 6.23. The molecule has 1 rings (SSSR count). The molecule has 1 aliphatic rings. The molecule has 0 heterocycles. The highest BCUT2D eigenvalue weighted by Crippen LogP contribution is 2.36. The molecule has 0 aromatic carbocycles. The average Bonchev–Trinajstić information content (AvgIpc) is 2.37. The van der Waals surface area contributed by atoms with Crippen molar-refractivity contribution in [3.05, 3.63) is 0 Å². The molecule has 0 unspecified atom stereocenters. The molecule has 0 saturated heterocycles.